The maximum absolute atomic E-state index is 13.6. The average Bonchev–Trinajstić information content (AvgIpc) is 3.40. The number of nitrogens with zero attached hydrogens (tertiary/aromatic N) is 3. The summed E-state index contributed by atoms with van der Waals surface area (Å²) < 4.78 is 48.8. The second kappa shape index (κ2) is 9.99. The van der Waals surface area contributed by atoms with E-state index in [2.05, 4.69) is 25.9 Å². The third-order valence-corrected chi connectivity index (χ3v) is 7.00. The van der Waals surface area contributed by atoms with Crippen molar-refractivity contribution in [2.24, 2.45) is 0 Å². The normalized spacial score (nSPS) is 19.5. The summed E-state index contributed by atoms with van der Waals surface area (Å²) in [6.07, 6.45) is -4.41. The minimum absolute atomic E-state index is 0.0816. The van der Waals surface area contributed by atoms with Gasteiger partial charge in [0.2, 0.25) is 5.82 Å². The number of fused-ring (bicyclic) bond motifs is 2. The number of ether oxygens (including phenoxy) is 2. The van der Waals surface area contributed by atoms with Crippen molar-refractivity contribution in [3.05, 3.63) is 65.0 Å². The van der Waals surface area contributed by atoms with E-state index in [1.807, 2.05) is 24.3 Å². The zero-order valence-electron chi connectivity index (χ0n) is 21.4. The van der Waals surface area contributed by atoms with Crippen molar-refractivity contribution in [3.63, 3.8) is 0 Å². The van der Waals surface area contributed by atoms with Crippen LogP contribution in [-0.2, 0) is 15.9 Å². The summed E-state index contributed by atoms with van der Waals surface area (Å²) in [5, 5.41) is 27.6. The molecule has 0 saturated heterocycles. The summed E-state index contributed by atoms with van der Waals surface area (Å²) in [6, 6.07) is 12.4. The Balaban J connectivity index is 1.48. The van der Waals surface area contributed by atoms with E-state index < -0.39 is 23.7 Å². The maximum Gasteiger partial charge on any atom is 0.389 e. The Hall–Kier alpha value is -3.93. The quantitative estimate of drug-likeness (QED) is 0.381. The number of aromatic nitrogens is 4. The van der Waals surface area contributed by atoms with Crippen molar-refractivity contribution in [1.82, 2.24) is 25.9 Å². The fraction of sp³-hybridized carbons (Fsp3) is 0.407. The van der Waals surface area contributed by atoms with Gasteiger partial charge in [-0.25, -0.2) is 0 Å². The first-order chi connectivity index (χ1) is 18.5. The van der Waals surface area contributed by atoms with Crippen molar-refractivity contribution in [1.29, 1.82) is 0 Å². The lowest BCUT2D eigenvalue weighted by atomic mass is 9.74. The number of carbonyl (C=O) groups is 1. The molecule has 0 unspecified atom stereocenters. The van der Waals surface area contributed by atoms with Gasteiger partial charge < -0.3 is 19.9 Å². The van der Waals surface area contributed by atoms with E-state index in [-0.39, 0.29) is 24.8 Å². The molecule has 5 rings (SSSR count). The fourth-order valence-corrected chi connectivity index (χ4v) is 5.03. The van der Waals surface area contributed by atoms with Crippen LogP contribution in [0.1, 0.15) is 62.0 Å². The topological polar surface area (TPSA) is 122 Å². The van der Waals surface area contributed by atoms with E-state index in [4.69, 9.17) is 9.47 Å². The van der Waals surface area contributed by atoms with Crippen molar-refractivity contribution < 1.29 is 32.5 Å². The predicted molar refractivity (Wildman–Crippen MR) is 134 cm³/mol. The Morgan fingerprint density at radius 3 is 2.59 bits per heavy atom. The number of hydrogen-bond donors (Lipinski definition) is 3. The minimum atomic E-state index is -4.23. The molecule has 1 atom stereocenters. The van der Waals surface area contributed by atoms with Crippen LogP contribution in [0.3, 0.4) is 0 Å². The van der Waals surface area contributed by atoms with Gasteiger partial charge in [-0.15, -0.1) is 10.2 Å². The first-order valence-corrected chi connectivity index (χ1v) is 12.5. The van der Waals surface area contributed by atoms with Gasteiger partial charge in [0.25, 0.3) is 5.91 Å². The van der Waals surface area contributed by atoms with Crippen LogP contribution < -0.4 is 14.8 Å². The maximum atomic E-state index is 13.6. The summed E-state index contributed by atoms with van der Waals surface area (Å²) >= 11 is 0. The fourth-order valence-electron chi connectivity index (χ4n) is 5.03. The number of carbonyl (C=O) groups excluding carboxylic acids is 1. The second-order valence-electron chi connectivity index (χ2n) is 10.3. The number of halogens is 3. The Kier molecular flexibility index (Phi) is 6.83. The van der Waals surface area contributed by atoms with Crippen molar-refractivity contribution in [2.45, 2.75) is 56.8 Å². The van der Waals surface area contributed by atoms with E-state index in [0.717, 1.165) is 16.7 Å². The number of benzene rings is 2. The SMILES string of the molecule is CC(C)(O)c1ccc(C2=C(c3nn[nH]n3)C(=O)N[C@@]3(CCOc4cc(OCCCC(F)(F)F)ccc43)C2)cc1. The molecule has 3 N–H and O–H groups in total. The van der Waals surface area contributed by atoms with E-state index in [1.54, 1.807) is 32.0 Å². The third-order valence-electron chi connectivity index (χ3n) is 7.00. The zero-order chi connectivity index (χ0) is 27.8. The molecule has 1 aromatic heterocycles. The molecule has 0 aliphatic carbocycles. The molecule has 0 saturated carbocycles. The van der Waals surface area contributed by atoms with Crippen molar-refractivity contribution in [3.8, 4) is 11.5 Å². The van der Waals surface area contributed by atoms with Crippen molar-refractivity contribution >= 4 is 17.1 Å². The third kappa shape index (κ3) is 5.60. The lowest BCUT2D eigenvalue weighted by Crippen LogP contribution is -2.52. The van der Waals surface area contributed by atoms with Crippen LogP contribution in [0, 0.1) is 0 Å². The zero-order valence-corrected chi connectivity index (χ0v) is 21.4. The largest absolute Gasteiger partial charge is 0.493 e. The van der Waals surface area contributed by atoms with E-state index in [9.17, 15) is 23.1 Å². The van der Waals surface area contributed by atoms with Crippen LogP contribution in [0.4, 0.5) is 13.2 Å². The Morgan fingerprint density at radius 1 is 1.15 bits per heavy atom. The summed E-state index contributed by atoms with van der Waals surface area (Å²) in [7, 11) is 0. The molecule has 3 aromatic rings. The Morgan fingerprint density at radius 2 is 1.92 bits per heavy atom. The first-order valence-electron chi connectivity index (χ1n) is 12.5. The van der Waals surface area contributed by atoms with E-state index in [1.165, 1.54) is 0 Å². The van der Waals surface area contributed by atoms with Crippen LogP contribution in [-0.4, -0.2) is 51.0 Å². The van der Waals surface area contributed by atoms with Crippen LogP contribution in [0.25, 0.3) is 11.1 Å². The summed E-state index contributed by atoms with van der Waals surface area (Å²) in [5.74, 6) is 0.679. The molecule has 1 spiro atoms. The predicted octanol–water partition coefficient (Wildman–Crippen LogP) is 4.26. The molecule has 0 bridgehead atoms. The highest BCUT2D eigenvalue weighted by atomic mass is 19.4. The number of aromatic amines is 1. The first kappa shape index (κ1) is 26.7. The molecule has 2 aliphatic rings. The number of aliphatic hydroxyl groups is 1. The van der Waals surface area contributed by atoms with Crippen LogP contribution in [0.15, 0.2) is 42.5 Å². The van der Waals surface area contributed by atoms with Gasteiger partial charge in [-0.05, 0) is 54.3 Å². The van der Waals surface area contributed by atoms with Crippen LogP contribution in [0.2, 0.25) is 0 Å². The number of amides is 1. The van der Waals surface area contributed by atoms with Gasteiger partial charge in [-0.1, -0.05) is 24.3 Å². The molecule has 3 heterocycles. The molecule has 12 heteroatoms. The highest BCUT2D eigenvalue weighted by molar-refractivity contribution is 6.27. The highest BCUT2D eigenvalue weighted by Gasteiger charge is 2.45. The van der Waals surface area contributed by atoms with Gasteiger partial charge in [-0.2, -0.15) is 18.4 Å². The van der Waals surface area contributed by atoms with Gasteiger partial charge in [0.05, 0.1) is 29.9 Å². The Bertz CT molecular complexity index is 1380. The summed E-state index contributed by atoms with van der Waals surface area (Å²) in [5.41, 5.74) is 1.41. The lowest BCUT2D eigenvalue weighted by molar-refractivity contribution is -0.136. The van der Waals surface area contributed by atoms with Gasteiger partial charge in [-0.3, -0.25) is 4.79 Å². The van der Waals surface area contributed by atoms with Gasteiger partial charge >= 0.3 is 6.18 Å². The number of rotatable bonds is 7. The molecule has 1 amide bonds. The van der Waals surface area contributed by atoms with Gasteiger partial charge in [0.15, 0.2) is 0 Å². The number of hydrogen-bond acceptors (Lipinski definition) is 7. The monoisotopic (exact) mass is 543 g/mol. The molecule has 2 aliphatic heterocycles. The van der Waals surface area contributed by atoms with Crippen LogP contribution in [0.5, 0.6) is 11.5 Å². The van der Waals surface area contributed by atoms with Gasteiger partial charge in [0.1, 0.15) is 11.5 Å². The number of H-pyrrole nitrogens is 1. The molecule has 0 fully saturated rings. The molecule has 9 nitrogen and oxygen atoms in total. The Labute approximate surface area is 222 Å². The standard InChI is InChI=1S/C27H28F3N5O4/c1-25(2,37)17-6-4-16(5-7-17)19-15-26(31-24(36)22(19)23-32-34-35-33-23)11-13-39-21-14-18(8-9-20(21)26)38-12-3-10-27(28,29)30/h4-9,14,37H,3,10-13,15H2,1-2H3,(H,31,36)(H,32,33,34,35)/t26-/m0/s1. The second-order valence-corrected chi connectivity index (χ2v) is 10.3. The summed E-state index contributed by atoms with van der Waals surface area (Å²) in [6.45, 7) is 3.62. The number of tetrazole rings is 1. The molecule has 0 radical (unpaired) electrons. The number of alkyl halides is 3. The molecular weight excluding hydrogens is 515 g/mol. The molecular formula is C27H28F3N5O4. The summed E-state index contributed by atoms with van der Waals surface area (Å²) in [4.78, 5) is 13.6. The average molecular weight is 544 g/mol. The highest BCUT2D eigenvalue weighted by Crippen LogP contribution is 2.48. The smallest absolute Gasteiger partial charge is 0.389 e. The van der Waals surface area contributed by atoms with Gasteiger partial charge in [0, 0.05) is 30.9 Å². The number of nitrogens with one attached hydrogen (secondary N) is 2. The lowest BCUT2D eigenvalue weighted by Gasteiger charge is -2.43. The van der Waals surface area contributed by atoms with E-state index >= 15 is 0 Å². The molecule has 206 valence electrons. The minimum Gasteiger partial charge on any atom is -0.493 e. The molecule has 2 aromatic carbocycles. The van der Waals surface area contributed by atoms with E-state index in [0.29, 0.717) is 42.1 Å². The van der Waals surface area contributed by atoms with Crippen molar-refractivity contribution in [2.75, 3.05) is 13.2 Å². The van der Waals surface area contributed by atoms with Crippen LogP contribution >= 0.6 is 0 Å². The molecule has 39 heavy (non-hydrogen) atoms.